The number of hydrogen-bond donors (Lipinski definition) is 2. The highest BCUT2D eigenvalue weighted by Crippen LogP contribution is 2.35. The molecule has 0 saturated heterocycles. The number of halogens is 3. The van der Waals surface area contributed by atoms with Crippen molar-refractivity contribution in [3.63, 3.8) is 0 Å². The van der Waals surface area contributed by atoms with E-state index in [1.807, 2.05) is 18.2 Å². The average molecular weight is 468 g/mol. The van der Waals surface area contributed by atoms with Crippen LogP contribution in [0.2, 0.25) is 0 Å². The Morgan fingerprint density at radius 1 is 1.03 bits per heavy atom. The van der Waals surface area contributed by atoms with Crippen molar-refractivity contribution in [2.45, 2.75) is 12.6 Å². The maximum atomic E-state index is 12.8. The summed E-state index contributed by atoms with van der Waals surface area (Å²) in [4.78, 5) is 17.2. The fourth-order valence-electron chi connectivity index (χ4n) is 3.31. The number of phenolic OH excluding ortho intramolecular Hbond substituents is 1. The molecule has 0 fully saturated rings. The lowest BCUT2D eigenvalue weighted by Gasteiger charge is -2.10. The van der Waals surface area contributed by atoms with Gasteiger partial charge in [-0.15, -0.1) is 0 Å². The predicted octanol–water partition coefficient (Wildman–Crippen LogP) is 5.92. The van der Waals surface area contributed by atoms with E-state index < -0.39 is 23.4 Å². The Hall–Kier alpha value is -4.27. The highest BCUT2D eigenvalue weighted by atomic mass is 19.4. The van der Waals surface area contributed by atoms with Crippen LogP contribution in [0.15, 0.2) is 77.2 Å². The molecule has 3 aromatic carbocycles. The zero-order chi connectivity index (χ0) is 24.3. The van der Waals surface area contributed by atoms with Crippen LogP contribution in [0.25, 0.3) is 22.7 Å². The molecule has 1 amide bonds. The molecule has 174 valence electrons. The summed E-state index contributed by atoms with van der Waals surface area (Å²) in [6.07, 6.45) is -4.97. The number of hydrogen-bond acceptors (Lipinski definition) is 5. The summed E-state index contributed by atoms with van der Waals surface area (Å²) in [6.45, 7) is 0. The van der Waals surface area contributed by atoms with Gasteiger partial charge < -0.3 is 14.3 Å². The van der Waals surface area contributed by atoms with E-state index in [9.17, 15) is 23.1 Å². The Kier molecular flexibility index (Phi) is 6.27. The summed E-state index contributed by atoms with van der Waals surface area (Å²) in [5, 5.41) is 12.6. The smallest absolute Gasteiger partial charge is 0.416 e. The van der Waals surface area contributed by atoms with E-state index in [0.717, 1.165) is 12.1 Å². The number of alkyl halides is 3. The van der Waals surface area contributed by atoms with E-state index in [1.54, 1.807) is 36.4 Å². The van der Waals surface area contributed by atoms with Crippen LogP contribution >= 0.6 is 0 Å². The number of nitrogens with zero attached hydrogens (tertiary/aromatic N) is 1. The lowest BCUT2D eigenvalue weighted by atomic mass is 10.1. The quantitative estimate of drug-likeness (QED) is 0.367. The Morgan fingerprint density at radius 3 is 2.44 bits per heavy atom. The lowest BCUT2D eigenvalue weighted by Crippen LogP contribution is -2.15. The molecule has 1 heterocycles. The second-order valence-electron chi connectivity index (χ2n) is 7.36. The van der Waals surface area contributed by atoms with Crippen molar-refractivity contribution in [1.82, 2.24) is 4.98 Å². The van der Waals surface area contributed by atoms with Crippen molar-refractivity contribution in [2.24, 2.45) is 0 Å². The van der Waals surface area contributed by atoms with Gasteiger partial charge in [0, 0.05) is 16.7 Å². The number of methoxy groups -OCH3 is 1. The summed E-state index contributed by atoms with van der Waals surface area (Å²) in [6, 6.07) is 18.6. The second kappa shape index (κ2) is 9.30. The normalized spacial score (nSPS) is 11.3. The number of nitrogens with one attached hydrogen (secondary N) is 1. The molecule has 34 heavy (non-hydrogen) atoms. The van der Waals surface area contributed by atoms with Gasteiger partial charge in [-0.25, -0.2) is 4.98 Å². The summed E-state index contributed by atoms with van der Waals surface area (Å²) in [5.74, 6) is -0.321. The van der Waals surface area contributed by atoms with Crippen LogP contribution in [0, 0.1) is 0 Å². The molecule has 2 N–H and O–H groups in total. The van der Waals surface area contributed by atoms with Crippen LogP contribution in [0.5, 0.6) is 11.5 Å². The first-order valence-electron chi connectivity index (χ1n) is 10.1. The molecule has 0 bridgehead atoms. The van der Waals surface area contributed by atoms with Gasteiger partial charge in [0.05, 0.1) is 19.1 Å². The van der Waals surface area contributed by atoms with Crippen molar-refractivity contribution in [2.75, 3.05) is 12.4 Å². The molecule has 0 saturated carbocycles. The van der Waals surface area contributed by atoms with Gasteiger partial charge in [0.25, 0.3) is 0 Å². The van der Waals surface area contributed by atoms with Crippen molar-refractivity contribution in [1.29, 1.82) is 0 Å². The van der Waals surface area contributed by atoms with Gasteiger partial charge in [0.15, 0.2) is 0 Å². The molecule has 0 atom stereocenters. The minimum atomic E-state index is -4.60. The summed E-state index contributed by atoms with van der Waals surface area (Å²) in [7, 11) is 1.52. The first kappa shape index (κ1) is 22.9. The Labute approximate surface area is 192 Å². The van der Waals surface area contributed by atoms with Gasteiger partial charge in [-0.2, -0.15) is 13.2 Å². The number of phenols is 1. The highest BCUT2D eigenvalue weighted by Gasteiger charge is 2.31. The number of carbonyl (C=O) groups is 1. The molecule has 0 aliphatic rings. The zero-order valence-corrected chi connectivity index (χ0v) is 17.9. The second-order valence-corrected chi connectivity index (χ2v) is 7.36. The summed E-state index contributed by atoms with van der Waals surface area (Å²) >= 11 is 0. The predicted molar refractivity (Wildman–Crippen MR) is 119 cm³/mol. The van der Waals surface area contributed by atoms with Crippen LogP contribution in [-0.4, -0.2) is 23.1 Å². The number of benzene rings is 3. The van der Waals surface area contributed by atoms with Crippen LogP contribution in [0.4, 0.5) is 19.1 Å². The SMILES string of the molecule is COc1cccc(-c2nc(-c3ccccc3)oc2NC(=O)Cc2ccc(C(F)(F)F)cc2O)c1. The minimum Gasteiger partial charge on any atom is -0.508 e. The van der Waals surface area contributed by atoms with E-state index in [4.69, 9.17) is 9.15 Å². The van der Waals surface area contributed by atoms with Crippen molar-refractivity contribution < 1.29 is 32.2 Å². The monoisotopic (exact) mass is 468 g/mol. The minimum absolute atomic E-state index is 0.0382. The van der Waals surface area contributed by atoms with Gasteiger partial charge in [0.2, 0.25) is 17.7 Å². The third kappa shape index (κ3) is 5.03. The average Bonchev–Trinajstić information content (AvgIpc) is 3.24. The maximum absolute atomic E-state index is 12.8. The molecule has 1 aromatic heterocycles. The van der Waals surface area contributed by atoms with Gasteiger partial charge in [-0.3, -0.25) is 10.1 Å². The molecule has 4 rings (SSSR count). The molecule has 4 aromatic rings. The number of ether oxygens (including phenoxy) is 1. The molecule has 0 spiro atoms. The van der Waals surface area contributed by atoms with Crippen molar-refractivity contribution in [3.8, 4) is 34.2 Å². The van der Waals surface area contributed by atoms with E-state index in [2.05, 4.69) is 10.3 Å². The summed E-state index contributed by atoms with van der Waals surface area (Å²) in [5.41, 5.74) is 0.696. The number of anilines is 1. The fourth-order valence-corrected chi connectivity index (χ4v) is 3.31. The van der Waals surface area contributed by atoms with E-state index in [1.165, 1.54) is 7.11 Å². The van der Waals surface area contributed by atoms with Crippen LogP contribution in [-0.2, 0) is 17.4 Å². The molecule has 0 aliphatic carbocycles. The largest absolute Gasteiger partial charge is 0.508 e. The van der Waals surface area contributed by atoms with E-state index in [-0.39, 0.29) is 23.8 Å². The number of oxazole rings is 1. The van der Waals surface area contributed by atoms with E-state index in [0.29, 0.717) is 28.6 Å². The topological polar surface area (TPSA) is 84.6 Å². The summed E-state index contributed by atoms with van der Waals surface area (Å²) < 4.78 is 49.6. The maximum Gasteiger partial charge on any atom is 0.416 e. The molecular formula is C25H19F3N2O4. The first-order chi connectivity index (χ1) is 16.2. The standard InChI is InChI=1S/C25H19F3N2O4/c1-33-19-9-5-8-17(12-19)22-24(34-23(30-22)15-6-3-2-4-7-15)29-21(32)13-16-10-11-18(14-20(16)31)25(26,27)28/h2-12,14,31H,13H2,1H3,(H,29,32). The molecular weight excluding hydrogens is 449 g/mol. The Balaban J connectivity index is 1.64. The van der Waals surface area contributed by atoms with Crippen LogP contribution in [0.1, 0.15) is 11.1 Å². The Morgan fingerprint density at radius 2 is 1.76 bits per heavy atom. The first-order valence-corrected chi connectivity index (χ1v) is 10.1. The van der Waals surface area contributed by atoms with Gasteiger partial charge >= 0.3 is 6.18 Å². The number of carbonyl (C=O) groups excluding carboxylic acids is 1. The molecule has 0 unspecified atom stereocenters. The van der Waals surface area contributed by atoms with E-state index >= 15 is 0 Å². The lowest BCUT2D eigenvalue weighted by molar-refractivity contribution is -0.137. The number of aromatic hydroxyl groups is 1. The number of amides is 1. The zero-order valence-electron chi connectivity index (χ0n) is 17.9. The fraction of sp³-hybridized carbons (Fsp3) is 0.120. The molecule has 9 heteroatoms. The van der Waals surface area contributed by atoms with Gasteiger partial charge in [-0.1, -0.05) is 36.4 Å². The van der Waals surface area contributed by atoms with Crippen LogP contribution in [0.3, 0.4) is 0 Å². The highest BCUT2D eigenvalue weighted by molar-refractivity contribution is 5.94. The third-order valence-electron chi connectivity index (χ3n) is 5.01. The van der Waals surface area contributed by atoms with Gasteiger partial charge in [0.1, 0.15) is 17.2 Å². The van der Waals surface area contributed by atoms with Crippen molar-refractivity contribution >= 4 is 11.8 Å². The molecule has 6 nitrogen and oxygen atoms in total. The number of rotatable bonds is 6. The van der Waals surface area contributed by atoms with Crippen molar-refractivity contribution in [3.05, 3.63) is 83.9 Å². The molecule has 0 aliphatic heterocycles. The third-order valence-corrected chi connectivity index (χ3v) is 5.01. The van der Waals surface area contributed by atoms with Gasteiger partial charge in [-0.05, 0) is 36.4 Å². The van der Waals surface area contributed by atoms with Crippen LogP contribution < -0.4 is 10.1 Å². The molecule has 0 radical (unpaired) electrons. The number of aromatic nitrogens is 1. The Bertz CT molecular complexity index is 1320.